The second-order valence-electron chi connectivity index (χ2n) is 5.68. The number of rotatable bonds is 2. The molecular weight excluding hydrogens is 274 g/mol. The molecule has 5 heteroatoms. The van der Waals surface area contributed by atoms with E-state index in [1.54, 1.807) is 12.1 Å². The molecule has 0 radical (unpaired) electrons. The maximum atomic E-state index is 12.6. The summed E-state index contributed by atoms with van der Waals surface area (Å²) in [6, 6.07) is 6.96. The van der Waals surface area contributed by atoms with Gasteiger partial charge in [-0.2, -0.15) is 4.31 Å². The summed E-state index contributed by atoms with van der Waals surface area (Å²) in [6.07, 6.45) is 2.96. The molecule has 1 heterocycles. The maximum Gasteiger partial charge on any atom is 0.243 e. The Labute approximate surface area is 119 Å². The summed E-state index contributed by atoms with van der Waals surface area (Å²) >= 11 is 0. The molecule has 1 aromatic carbocycles. The van der Waals surface area contributed by atoms with E-state index in [1.165, 1.54) is 4.31 Å². The van der Waals surface area contributed by atoms with Crippen molar-refractivity contribution in [1.29, 1.82) is 0 Å². The Morgan fingerprint density at radius 2 is 1.95 bits per heavy atom. The first-order chi connectivity index (χ1) is 9.46. The second-order valence-corrected chi connectivity index (χ2v) is 7.62. The van der Waals surface area contributed by atoms with Crippen molar-refractivity contribution in [1.82, 2.24) is 4.31 Å². The van der Waals surface area contributed by atoms with Gasteiger partial charge in [-0.05, 0) is 37.8 Å². The van der Waals surface area contributed by atoms with Crippen molar-refractivity contribution in [3.8, 4) is 0 Å². The SMILES string of the molecule is Cc1ccc(S(=O)(=O)N2CC[C@H]3C[C@H](O)C=C3C2)cc1. The minimum Gasteiger partial charge on any atom is -0.389 e. The van der Waals surface area contributed by atoms with E-state index in [9.17, 15) is 13.5 Å². The minimum atomic E-state index is -3.42. The highest BCUT2D eigenvalue weighted by Gasteiger charge is 2.35. The highest BCUT2D eigenvalue weighted by Crippen LogP contribution is 2.35. The molecule has 108 valence electrons. The van der Waals surface area contributed by atoms with Gasteiger partial charge in [0.15, 0.2) is 0 Å². The van der Waals surface area contributed by atoms with Gasteiger partial charge in [0.1, 0.15) is 0 Å². The van der Waals surface area contributed by atoms with Crippen LogP contribution in [0.15, 0.2) is 40.8 Å². The number of piperidine rings is 1. The fraction of sp³-hybridized carbons (Fsp3) is 0.467. The van der Waals surface area contributed by atoms with E-state index in [1.807, 2.05) is 25.1 Å². The molecule has 1 aliphatic carbocycles. The van der Waals surface area contributed by atoms with Gasteiger partial charge in [0.25, 0.3) is 0 Å². The van der Waals surface area contributed by atoms with Gasteiger partial charge < -0.3 is 5.11 Å². The van der Waals surface area contributed by atoms with Gasteiger partial charge in [-0.25, -0.2) is 8.42 Å². The molecule has 0 aromatic heterocycles. The zero-order chi connectivity index (χ0) is 14.3. The summed E-state index contributed by atoms with van der Waals surface area (Å²) in [7, 11) is -3.42. The van der Waals surface area contributed by atoms with E-state index < -0.39 is 16.1 Å². The summed E-state index contributed by atoms with van der Waals surface area (Å²) in [5.41, 5.74) is 2.11. The lowest BCUT2D eigenvalue weighted by molar-refractivity contribution is 0.202. The average Bonchev–Trinajstić information content (AvgIpc) is 2.78. The van der Waals surface area contributed by atoms with E-state index in [0.717, 1.165) is 24.0 Å². The molecule has 1 aromatic rings. The van der Waals surface area contributed by atoms with E-state index >= 15 is 0 Å². The molecule has 4 nitrogen and oxygen atoms in total. The molecule has 0 saturated carbocycles. The van der Waals surface area contributed by atoms with Crippen LogP contribution < -0.4 is 0 Å². The topological polar surface area (TPSA) is 57.6 Å². The molecule has 2 atom stereocenters. The van der Waals surface area contributed by atoms with Crippen LogP contribution in [0.4, 0.5) is 0 Å². The first kappa shape index (κ1) is 13.8. The van der Waals surface area contributed by atoms with Gasteiger partial charge >= 0.3 is 0 Å². The summed E-state index contributed by atoms with van der Waals surface area (Å²) in [6.45, 7) is 2.88. The minimum absolute atomic E-state index is 0.348. The van der Waals surface area contributed by atoms with Crippen LogP contribution in [0.3, 0.4) is 0 Å². The monoisotopic (exact) mass is 293 g/mol. The van der Waals surface area contributed by atoms with E-state index in [4.69, 9.17) is 0 Å². The third kappa shape index (κ3) is 2.41. The number of benzene rings is 1. The molecule has 0 bridgehead atoms. The van der Waals surface area contributed by atoms with Crippen molar-refractivity contribution in [3.63, 3.8) is 0 Å². The molecule has 1 N–H and O–H groups in total. The summed E-state index contributed by atoms with van der Waals surface area (Å²) in [5, 5.41) is 9.65. The molecule has 0 spiro atoms. The predicted octanol–water partition coefficient (Wildman–Crippen LogP) is 1.70. The molecule has 1 fully saturated rings. The molecule has 1 aliphatic heterocycles. The van der Waals surface area contributed by atoms with Crippen molar-refractivity contribution in [2.24, 2.45) is 5.92 Å². The van der Waals surface area contributed by atoms with Crippen LogP contribution >= 0.6 is 0 Å². The molecule has 1 saturated heterocycles. The van der Waals surface area contributed by atoms with Crippen molar-refractivity contribution in [2.75, 3.05) is 13.1 Å². The van der Waals surface area contributed by atoms with Gasteiger partial charge in [-0.3, -0.25) is 0 Å². The van der Waals surface area contributed by atoms with Gasteiger partial charge in [-0.15, -0.1) is 0 Å². The Balaban J connectivity index is 1.85. The van der Waals surface area contributed by atoms with E-state index in [2.05, 4.69) is 0 Å². The second kappa shape index (κ2) is 4.98. The number of aryl methyl sites for hydroxylation is 1. The van der Waals surface area contributed by atoms with Crippen LogP contribution in [-0.4, -0.2) is 37.0 Å². The van der Waals surface area contributed by atoms with Crippen molar-refractivity contribution >= 4 is 10.0 Å². The fourth-order valence-electron chi connectivity index (χ4n) is 3.03. The number of nitrogens with zero attached hydrogens (tertiary/aromatic N) is 1. The number of aliphatic hydroxyl groups excluding tert-OH is 1. The normalized spacial score (nSPS) is 27.2. The maximum absolute atomic E-state index is 12.6. The number of hydrogen-bond acceptors (Lipinski definition) is 3. The Hall–Kier alpha value is -1.17. The van der Waals surface area contributed by atoms with Gasteiger partial charge in [0, 0.05) is 13.1 Å². The van der Waals surface area contributed by atoms with Gasteiger partial charge in [-0.1, -0.05) is 29.3 Å². The van der Waals surface area contributed by atoms with Crippen LogP contribution in [0, 0.1) is 12.8 Å². The highest BCUT2D eigenvalue weighted by atomic mass is 32.2. The highest BCUT2D eigenvalue weighted by molar-refractivity contribution is 7.89. The predicted molar refractivity (Wildman–Crippen MR) is 76.8 cm³/mol. The summed E-state index contributed by atoms with van der Waals surface area (Å²) < 4.78 is 26.7. The Bertz CT molecular complexity index is 634. The Kier molecular flexibility index (Phi) is 3.44. The Morgan fingerprint density at radius 3 is 2.65 bits per heavy atom. The molecule has 0 unspecified atom stereocenters. The molecule has 3 rings (SSSR count). The average molecular weight is 293 g/mol. The zero-order valence-electron chi connectivity index (χ0n) is 11.5. The smallest absolute Gasteiger partial charge is 0.243 e. The van der Waals surface area contributed by atoms with Crippen molar-refractivity contribution < 1.29 is 13.5 Å². The zero-order valence-corrected chi connectivity index (χ0v) is 12.3. The van der Waals surface area contributed by atoms with E-state index in [0.29, 0.717) is 23.9 Å². The number of hydrogen-bond donors (Lipinski definition) is 1. The number of fused-ring (bicyclic) bond motifs is 1. The molecule has 2 aliphatic rings. The lowest BCUT2D eigenvalue weighted by atomic mass is 9.94. The quantitative estimate of drug-likeness (QED) is 0.844. The lowest BCUT2D eigenvalue weighted by Gasteiger charge is -2.31. The molecular formula is C15H19NO3S. The van der Waals surface area contributed by atoms with Crippen LogP contribution in [0.25, 0.3) is 0 Å². The number of aliphatic hydroxyl groups is 1. The van der Waals surface area contributed by atoms with Crippen molar-refractivity contribution in [2.45, 2.75) is 30.8 Å². The van der Waals surface area contributed by atoms with Crippen LogP contribution in [0.5, 0.6) is 0 Å². The first-order valence-corrected chi connectivity index (χ1v) is 8.36. The summed E-state index contributed by atoms with van der Waals surface area (Å²) in [5.74, 6) is 0.356. The summed E-state index contributed by atoms with van der Waals surface area (Å²) in [4.78, 5) is 0.348. The largest absolute Gasteiger partial charge is 0.389 e. The Morgan fingerprint density at radius 1 is 1.25 bits per heavy atom. The standard InChI is InChI=1S/C15H19NO3S/c1-11-2-4-15(5-3-11)20(18,19)16-7-6-12-8-14(17)9-13(12)10-16/h2-5,9,12,14,17H,6-8,10H2,1H3/t12-,14-/m0/s1. The van der Waals surface area contributed by atoms with Crippen LogP contribution in [0.1, 0.15) is 18.4 Å². The van der Waals surface area contributed by atoms with Crippen molar-refractivity contribution in [3.05, 3.63) is 41.5 Å². The van der Waals surface area contributed by atoms with Gasteiger partial charge in [0.05, 0.1) is 11.0 Å². The fourth-order valence-corrected chi connectivity index (χ4v) is 4.47. The van der Waals surface area contributed by atoms with E-state index in [-0.39, 0.29) is 0 Å². The lowest BCUT2D eigenvalue weighted by Crippen LogP contribution is -2.39. The first-order valence-electron chi connectivity index (χ1n) is 6.92. The molecule has 0 amide bonds. The number of sulfonamides is 1. The molecule has 20 heavy (non-hydrogen) atoms. The van der Waals surface area contributed by atoms with Gasteiger partial charge in [0.2, 0.25) is 10.0 Å². The third-order valence-electron chi connectivity index (χ3n) is 4.20. The third-order valence-corrected chi connectivity index (χ3v) is 6.06. The van der Waals surface area contributed by atoms with Crippen LogP contribution in [0.2, 0.25) is 0 Å². The van der Waals surface area contributed by atoms with Crippen LogP contribution in [-0.2, 0) is 10.0 Å².